The second-order valence-corrected chi connectivity index (χ2v) is 6.45. The number of furan rings is 1. The molecular formula is C18H18ClN3O2. The highest BCUT2D eigenvalue weighted by atomic mass is 35.5. The fourth-order valence-electron chi connectivity index (χ4n) is 3.03. The summed E-state index contributed by atoms with van der Waals surface area (Å²) in [6.45, 7) is 2.87. The second-order valence-electron chi connectivity index (χ2n) is 6.02. The summed E-state index contributed by atoms with van der Waals surface area (Å²) in [4.78, 5) is 6.90. The van der Waals surface area contributed by atoms with E-state index in [2.05, 4.69) is 21.1 Å². The Morgan fingerprint density at radius 3 is 2.92 bits per heavy atom. The summed E-state index contributed by atoms with van der Waals surface area (Å²) in [7, 11) is 0. The number of hydrogen-bond donors (Lipinski definition) is 0. The Hall–Kier alpha value is -2.11. The third-order valence-corrected chi connectivity index (χ3v) is 4.57. The highest BCUT2D eigenvalue weighted by molar-refractivity contribution is 6.30. The van der Waals surface area contributed by atoms with E-state index >= 15 is 0 Å². The molecule has 1 aliphatic rings. The molecule has 0 atom stereocenters. The summed E-state index contributed by atoms with van der Waals surface area (Å²) in [6.07, 6.45) is 4.65. The monoisotopic (exact) mass is 343 g/mol. The molecule has 0 saturated heterocycles. The summed E-state index contributed by atoms with van der Waals surface area (Å²) in [5, 5.41) is 4.76. The molecule has 5 nitrogen and oxygen atoms in total. The molecule has 1 aromatic carbocycles. The van der Waals surface area contributed by atoms with Gasteiger partial charge in [-0.1, -0.05) is 16.8 Å². The zero-order chi connectivity index (χ0) is 16.4. The Labute approximate surface area is 145 Å². The molecule has 0 spiro atoms. The van der Waals surface area contributed by atoms with E-state index in [1.165, 1.54) is 5.56 Å². The number of rotatable bonds is 4. The molecule has 1 aliphatic heterocycles. The second kappa shape index (κ2) is 6.79. The molecule has 0 aliphatic carbocycles. The van der Waals surface area contributed by atoms with Crippen LogP contribution in [0, 0.1) is 0 Å². The first-order valence-corrected chi connectivity index (χ1v) is 8.52. The van der Waals surface area contributed by atoms with Crippen LogP contribution in [0.4, 0.5) is 0 Å². The summed E-state index contributed by atoms with van der Waals surface area (Å²) in [5.74, 6) is 2.39. The molecule has 3 aromatic rings. The topological polar surface area (TPSA) is 55.3 Å². The average molecular weight is 344 g/mol. The van der Waals surface area contributed by atoms with Gasteiger partial charge in [-0.15, -0.1) is 0 Å². The van der Waals surface area contributed by atoms with E-state index in [0.29, 0.717) is 16.7 Å². The van der Waals surface area contributed by atoms with E-state index in [-0.39, 0.29) is 0 Å². The molecule has 24 heavy (non-hydrogen) atoms. The zero-order valence-electron chi connectivity index (χ0n) is 13.2. The van der Waals surface area contributed by atoms with Crippen LogP contribution in [0.2, 0.25) is 5.02 Å². The minimum atomic E-state index is 0.606. The van der Waals surface area contributed by atoms with Crippen molar-refractivity contribution in [3.05, 3.63) is 58.8 Å². The van der Waals surface area contributed by atoms with Crippen LogP contribution in [0.15, 0.2) is 45.5 Å². The van der Waals surface area contributed by atoms with E-state index in [1.54, 1.807) is 6.26 Å². The lowest BCUT2D eigenvalue weighted by Crippen LogP contribution is -2.25. The van der Waals surface area contributed by atoms with Gasteiger partial charge in [-0.05, 0) is 43.3 Å². The van der Waals surface area contributed by atoms with Crippen LogP contribution in [0.3, 0.4) is 0 Å². The maximum Gasteiger partial charge on any atom is 0.228 e. The van der Waals surface area contributed by atoms with Gasteiger partial charge < -0.3 is 8.94 Å². The highest BCUT2D eigenvalue weighted by Crippen LogP contribution is 2.21. The smallest absolute Gasteiger partial charge is 0.228 e. The van der Waals surface area contributed by atoms with Crippen LogP contribution in [0.25, 0.3) is 11.4 Å². The van der Waals surface area contributed by atoms with Crippen LogP contribution >= 0.6 is 11.6 Å². The van der Waals surface area contributed by atoms with Gasteiger partial charge in [0.2, 0.25) is 11.7 Å². The molecule has 124 valence electrons. The van der Waals surface area contributed by atoms with Gasteiger partial charge in [0.1, 0.15) is 5.76 Å². The van der Waals surface area contributed by atoms with Crippen LogP contribution in [-0.4, -0.2) is 28.1 Å². The normalized spacial score (nSPS) is 15.2. The maximum atomic E-state index is 5.90. The average Bonchev–Trinajstić information content (AvgIpc) is 3.19. The molecule has 0 unspecified atom stereocenters. The van der Waals surface area contributed by atoms with E-state index in [9.17, 15) is 0 Å². The van der Waals surface area contributed by atoms with Gasteiger partial charge in [-0.3, -0.25) is 4.90 Å². The fraction of sp³-hybridized carbons (Fsp3) is 0.333. The Balaban J connectivity index is 1.39. The minimum absolute atomic E-state index is 0.606. The van der Waals surface area contributed by atoms with Crippen molar-refractivity contribution >= 4 is 11.6 Å². The van der Waals surface area contributed by atoms with Gasteiger partial charge in [0.25, 0.3) is 0 Å². The first-order valence-electron chi connectivity index (χ1n) is 8.14. The first kappa shape index (κ1) is 15.4. The zero-order valence-corrected chi connectivity index (χ0v) is 14.0. The molecule has 0 fully saturated rings. The summed E-state index contributed by atoms with van der Waals surface area (Å²) >= 11 is 5.90. The highest BCUT2D eigenvalue weighted by Gasteiger charge is 2.17. The predicted molar refractivity (Wildman–Crippen MR) is 90.8 cm³/mol. The van der Waals surface area contributed by atoms with Crippen molar-refractivity contribution in [3.63, 3.8) is 0 Å². The van der Waals surface area contributed by atoms with Crippen molar-refractivity contribution < 1.29 is 8.94 Å². The van der Waals surface area contributed by atoms with Crippen molar-refractivity contribution in [3.8, 4) is 11.4 Å². The fourth-order valence-corrected chi connectivity index (χ4v) is 3.15. The number of nitrogens with zero attached hydrogens (tertiary/aromatic N) is 3. The molecule has 0 saturated carbocycles. The molecule has 4 rings (SSSR count). The number of halogens is 1. The predicted octanol–water partition coefficient (Wildman–Crippen LogP) is 3.97. The van der Waals surface area contributed by atoms with E-state index in [4.69, 9.17) is 20.5 Å². The number of benzene rings is 1. The third kappa shape index (κ3) is 3.37. The Bertz CT molecular complexity index is 810. The minimum Gasteiger partial charge on any atom is -0.469 e. The number of fused-ring (bicyclic) bond motifs is 1. The largest absolute Gasteiger partial charge is 0.469 e. The number of hydrogen-bond acceptors (Lipinski definition) is 5. The Kier molecular flexibility index (Phi) is 4.36. The molecule has 0 bridgehead atoms. The van der Waals surface area contributed by atoms with E-state index in [0.717, 1.165) is 50.2 Å². The van der Waals surface area contributed by atoms with Crippen LogP contribution in [0.5, 0.6) is 0 Å². The lowest BCUT2D eigenvalue weighted by molar-refractivity contribution is 0.259. The third-order valence-electron chi connectivity index (χ3n) is 4.32. The van der Waals surface area contributed by atoms with Crippen LogP contribution in [-0.2, 0) is 19.4 Å². The van der Waals surface area contributed by atoms with Gasteiger partial charge >= 0.3 is 0 Å². The van der Waals surface area contributed by atoms with Gasteiger partial charge in [0.15, 0.2) is 0 Å². The summed E-state index contributed by atoms with van der Waals surface area (Å²) in [6, 6.07) is 9.51. The quantitative estimate of drug-likeness (QED) is 0.717. The Morgan fingerprint density at radius 2 is 2.04 bits per heavy atom. The van der Waals surface area contributed by atoms with Crippen molar-refractivity contribution in [2.24, 2.45) is 0 Å². The standard InChI is InChI=1S/C18H18ClN3O2/c19-15-5-3-13(4-6-15)18-20-17(24-21-18)7-10-22-9-1-2-16-14(12-22)8-11-23-16/h3-6,8,11H,1-2,7,9-10,12H2. The molecule has 2 aromatic heterocycles. The summed E-state index contributed by atoms with van der Waals surface area (Å²) in [5.41, 5.74) is 2.20. The van der Waals surface area contributed by atoms with Crippen molar-refractivity contribution in [2.45, 2.75) is 25.8 Å². The van der Waals surface area contributed by atoms with Gasteiger partial charge in [0.05, 0.1) is 6.26 Å². The van der Waals surface area contributed by atoms with E-state index < -0.39 is 0 Å². The first-order chi connectivity index (χ1) is 11.8. The molecule has 6 heteroatoms. The van der Waals surface area contributed by atoms with E-state index in [1.807, 2.05) is 24.3 Å². The van der Waals surface area contributed by atoms with Crippen LogP contribution in [0.1, 0.15) is 23.6 Å². The lowest BCUT2D eigenvalue weighted by atomic mass is 10.2. The summed E-state index contributed by atoms with van der Waals surface area (Å²) < 4.78 is 10.9. The van der Waals surface area contributed by atoms with Gasteiger partial charge in [-0.2, -0.15) is 4.98 Å². The molecule has 0 radical (unpaired) electrons. The van der Waals surface area contributed by atoms with Gasteiger partial charge in [-0.25, -0.2) is 0 Å². The molecule has 0 amide bonds. The van der Waals surface area contributed by atoms with Crippen molar-refractivity contribution in [1.29, 1.82) is 0 Å². The SMILES string of the molecule is Clc1ccc(-c2noc(CCN3CCCc4occc4C3)n2)cc1. The van der Waals surface area contributed by atoms with Crippen LogP contribution < -0.4 is 0 Å². The maximum absolute atomic E-state index is 5.90. The van der Waals surface area contributed by atoms with Gasteiger partial charge in [0, 0.05) is 42.1 Å². The number of aryl methyl sites for hydroxylation is 1. The Morgan fingerprint density at radius 1 is 1.17 bits per heavy atom. The van der Waals surface area contributed by atoms with Crippen molar-refractivity contribution in [1.82, 2.24) is 15.0 Å². The molecule has 3 heterocycles. The molecular weight excluding hydrogens is 326 g/mol. The van der Waals surface area contributed by atoms with Crippen molar-refractivity contribution in [2.75, 3.05) is 13.1 Å². The number of aromatic nitrogens is 2. The molecule has 0 N–H and O–H groups in total. The lowest BCUT2D eigenvalue weighted by Gasteiger charge is -2.18.